The van der Waals surface area contributed by atoms with Gasteiger partial charge in [-0.1, -0.05) is 13.8 Å². The summed E-state index contributed by atoms with van der Waals surface area (Å²) in [5.41, 5.74) is 0. The van der Waals surface area contributed by atoms with Gasteiger partial charge in [0, 0.05) is 17.0 Å². The van der Waals surface area contributed by atoms with Crippen molar-refractivity contribution in [2.24, 2.45) is 0 Å². The monoisotopic (exact) mass is 233 g/mol. The van der Waals surface area contributed by atoms with Crippen molar-refractivity contribution in [3.8, 4) is 0 Å². The van der Waals surface area contributed by atoms with Crippen LogP contribution in [0.1, 0.15) is 33.6 Å². The highest BCUT2D eigenvalue weighted by molar-refractivity contribution is 7.99. The van der Waals surface area contributed by atoms with Crippen LogP contribution in [0.4, 0.5) is 0 Å². The van der Waals surface area contributed by atoms with Crippen molar-refractivity contribution < 1.29 is 9.53 Å². The van der Waals surface area contributed by atoms with Gasteiger partial charge in [0.25, 0.3) is 0 Å². The van der Waals surface area contributed by atoms with Crippen LogP contribution in [-0.4, -0.2) is 36.7 Å². The maximum atomic E-state index is 10.9. The minimum absolute atomic E-state index is 0.121. The molecule has 0 heterocycles. The molecule has 3 nitrogen and oxygen atoms in total. The summed E-state index contributed by atoms with van der Waals surface area (Å²) < 4.78 is 4.59. The van der Waals surface area contributed by atoms with Crippen LogP contribution < -0.4 is 5.32 Å². The molecule has 0 aliphatic rings. The number of rotatable bonds is 8. The fraction of sp³-hybridized carbons (Fsp3) is 0.909. The standard InChI is InChI=1S/C11H23NO2S/c1-5-7-12-9(2)10(3)15-8-6-11(13)14-4/h9-10,12H,5-8H2,1-4H3. The number of nitrogens with one attached hydrogen (secondary N) is 1. The summed E-state index contributed by atoms with van der Waals surface area (Å²) in [6.07, 6.45) is 1.66. The summed E-state index contributed by atoms with van der Waals surface area (Å²) in [5, 5.41) is 3.98. The third kappa shape index (κ3) is 7.68. The summed E-state index contributed by atoms with van der Waals surface area (Å²) in [6.45, 7) is 7.60. The SMILES string of the molecule is CCCNC(C)C(C)SCCC(=O)OC. The molecular formula is C11H23NO2S. The molecule has 0 amide bonds. The van der Waals surface area contributed by atoms with E-state index < -0.39 is 0 Å². The lowest BCUT2D eigenvalue weighted by atomic mass is 10.2. The Kier molecular flexibility index (Phi) is 8.91. The fourth-order valence-electron chi connectivity index (χ4n) is 1.11. The molecule has 0 aromatic rings. The molecule has 0 radical (unpaired) electrons. The van der Waals surface area contributed by atoms with E-state index in [9.17, 15) is 4.79 Å². The Hall–Kier alpha value is -0.220. The third-order valence-corrected chi connectivity index (χ3v) is 3.71. The van der Waals surface area contributed by atoms with Crippen LogP contribution in [0.3, 0.4) is 0 Å². The Morgan fingerprint density at radius 2 is 2.13 bits per heavy atom. The van der Waals surface area contributed by atoms with Gasteiger partial charge in [-0.25, -0.2) is 0 Å². The van der Waals surface area contributed by atoms with E-state index in [0.29, 0.717) is 17.7 Å². The predicted octanol–water partition coefficient (Wildman–Crippen LogP) is 2.06. The van der Waals surface area contributed by atoms with Crippen LogP contribution in [0.15, 0.2) is 0 Å². The van der Waals surface area contributed by atoms with E-state index in [1.54, 1.807) is 0 Å². The minimum atomic E-state index is -0.121. The van der Waals surface area contributed by atoms with E-state index in [1.165, 1.54) is 7.11 Å². The van der Waals surface area contributed by atoms with Gasteiger partial charge >= 0.3 is 5.97 Å². The largest absolute Gasteiger partial charge is 0.469 e. The van der Waals surface area contributed by atoms with Crippen molar-refractivity contribution >= 4 is 17.7 Å². The molecule has 0 spiro atoms. The predicted molar refractivity (Wildman–Crippen MR) is 66.3 cm³/mol. The maximum absolute atomic E-state index is 10.9. The van der Waals surface area contributed by atoms with Gasteiger partial charge in [-0.05, 0) is 19.9 Å². The average molecular weight is 233 g/mol. The second-order valence-corrected chi connectivity index (χ2v) is 5.13. The quantitative estimate of drug-likeness (QED) is 0.651. The van der Waals surface area contributed by atoms with Gasteiger partial charge in [-0.2, -0.15) is 11.8 Å². The first-order chi connectivity index (χ1) is 7.11. The zero-order valence-corrected chi connectivity index (χ0v) is 11.0. The summed E-state index contributed by atoms with van der Waals surface area (Å²) in [6, 6.07) is 0.493. The van der Waals surface area contributed by atoms with E-state index in [2.05, 4.69) is 30.8 Å². The molecule has 2 unspecified atom stereocenters. The van der Waals surface area contributed by atoms with Gasteiger partial charge in [-0.15, -0.1) is 0 Å². The van der Waals surface area contributed by atoms with Gasteiger partial charge in [0.1, 0.15) is 0 Å². The fourth-order valence-corrected chi connectivity index (χ4v) is 2.15. The topological polar surface area (TPSA) is 38.3 Å². The number of carbonyl (C=O) groups excluding carboxylic acids is 1. The van der Waals surface area contributed by atoms with Crippen molar-refractivity contribution in [2.75, 3.05) is 19.4 Å². The van der Waals surface area contributed by atoms with Crippen LogP contribution in [-0.2, 0) is 9.53 Å². The molecule has 0 aromatic carbocycles. The Bertz CT molecular complexity index is 176. The molecule has 4 heteroatoms. The number of hydrogen-bond donors (Lipinski definition) is 1. The van der Waals surface area contributed by atoms with E-state index >= 15 is 0 Å². The number of carbonyl (C=O) groups is 1. The first-order valence-corrected chi connectivity index (χ1v) is 6.58. The van der Waals surface area contributed by atoms with Crippen molar-refractivity contribution in [2.45, 2.75) is 44.9 Å². The van der Waals surface area contributed by atoms with Crippen molar-refractivity contribution in [1.82, 2.24) is 5.32 Å². The molecule has 0 aliphatic carbocycles. The molecule has 15 heavy (non-hydrogen) atoms. The average Bonchev–Trinajstić information content (AvgIpc) is 2.25. The Morgan fingerprint density at radius 1 is 1.47 bits per heavy atom. The van der Waals surface area contributed by atoms with Crippen molar-refractivity contribution in [3.05, 3.63) is 0 Å². The molecule has 0 saturated carbocycles. The summed E-state index contributed by atoms with van der Waals surface area (Å²) >= 11 is 1.82. The molecule has 0 aliphatic heterocycles. The van der Waals surface area contributed by atoms with Crippen molar-refractivity contribution in [3.63, 3.8) is 0 Å². The van der Waals surface area contributed by atoms with Crippen LogP contribution in [0, 0.1) is 0 Å². The van der Waals surface area contributed by atoms with E-state index in [-0.39, 0.29) is 5.97 Å². The van der Waals surface area contributed by atoms with Gasteiger partial charge in [0.15, 0.2) is 0 Å². The second-order valence-electron chi connectivity index (χ2n) is 3.64. The van der Waals surface area contributed by atoms with Gasteiger partial charge < -0.3 is 10.1 Å². The maximum Gasteiger partial charge on any atom is 0.306 e. The highest BCUT2D eigenvalue weighted by Crippen LogP contribution is 2.15. The number of hydrogen-bond acceptors (Lipinski definition) is 4. The normalized spacial score (nSPS) is 14.7. The lowest BCUT2D eigenvalue weighted by molar-refractivity contribution is -0.140. The smallest absolute Gasteiger partial charge is 0.306 e. The Morgan fingerprint density at radius 3 is 2.67 bits per heavy atom. The Labute approximate surface area is 97.3 Å². The molecular weight excluding hydrogens is 210 g/mol. The van der Waals surface area contributed by atoms with E-state index in [1.807, 2.05) is 11.8 Å². The zero-order valence-electron chi connectivity index (χ0n) is 10.2. The number of thioether (sulfide) groups is 1. The zero-order chi connectivity index (χ0) is 11.7. The first-order valence-electron chi connectivity index (χ1n) is 5.53. The molecule has 1 N–H and O–H groups in total. The number of methoxy groups -OCH3 is 1. The molecule has 0 saturated heterocycles. The number of esters is 1. The summed E-state index contributed by atoms with van der Waals surface area (Å²) in [7, 11) is 1.43. The number of ether oxygens (including phenoxy) is 1. The molecule has 2 atom stereocenters. The molecule has 90 valence electrons. The van der Waals surface area contributed by atoms with Gasteiger partial charge in [-0.3, -0.25) is 4.79 Å². The highest BCUT2D eigenvalue weighted by Gasteiger charge is 2.12. The summed E-state index contributed by atoms with van der Waals surface area (Å²) in [5.74, 6) is 0.718. The molecule has 0 fully saturated rings. The van der Waals surface area contributed by atoms with Crippen molar-refractivity contribution in [1.29, 1.82) is 0 Å². The van der Waals surface area contributed by atoms with Crippen LogP contribution in [0.5, 0.6) is 0 Å². The lowest BCUT2D eigenvalue weighted by Gasteiger charge is -2.20. The lowest BCUT2D eigenvalue weighted by Crippen LogP contribution is -2.34. The Balaban J connectivity index is 3.54. The van der Waals surface area contributed by atoms with E-state index in [0.717, 1.165) is 18.7 Å². The molecule has 0 rings (SSSR count). The second kappa shape index (κ2) is 9.04. The van der Waals surface area contributed by atoms with Gasteiger partial charge in [0.05, 0.1) is 13.5 Å². The minimum Gasteiger partial charge on any atom is -0.469 e. The molecule has 0 bridgehead atoms. The van der Waals surface area contributed by atoms with Crippen LogP contribution in [0.2, 0.25) is 0 Å². The first kappa shape index (κ1) is 14.8. The van der Waals surface area contributed by atoms with Crippen LogP contribution in [0.25, 0.3) is 0 Å². The summed E-state index contributed by atoms with van der Waals surface area (Å²) in [4.78, 5) is 10.9. The molecule has 0 aromatic heterocycles. The highest BCUT2D eigenvalue weighted by atomic mass is 32.2. The third-order valence-electron chi connectivity index (χ3n) is 2.34. The van der Waals surface area contributed by atoms with Crippen LogP contribution >= 0.6 is 11.8 Å². The van der Waals surface area contributed by atoms with E-state index in [4.69, 9.17) is 0 Å². The van der Waals surface area contributed by atoms with Gasteiger partial charge in [0.2, 0.25) is 0 Å².